The van der Waals surface area contributed by atoms with Crippen molar-refractivity contribution in [3.8, 4) is 0 Å². The van der Waals surface area contributed by atoms with Gasteiger partial charge < -0.3 is 4.74 Å². The molecule has 0 unspecified atom stereocenters. The van der Waals surface area contributed by atoms with Gasteiger partial charge >= 0.3 is 5.97 Å². The zero-order chi connectivity index (χ0) is 13.1. The van der Waals surface area contributed by atoms with Crippen LogP contribution in [-0.4, -0.2) is 18.5 Å². The van der Waals surface area contributed by atoms with E-state index in [4.69, 9.17) is 16.3 Å². The van der Waals surface area contributed by atoms with Crippen molar-refractivity contribution in [2.24, 2.45) is 5.92 Å². The van der Waals surface area contributed by atoms with E-state index < -0.39 is 0 Å². The molecule has 0 bridgehead atoms. The lowest BCUT2D eigenvalue weighted by Gasteiger charge is -2.19. The maximum atomic E-state index is 11.7. The minimum absolute atomic E-state index is 0.0526. The van der Waals surface area contributed by atoms with Gasteiger partial charge in [0.2, 0.25) is 0 Å². The van der Waals surface area contributed by atoms with E-state index in [0.29, 0.717) is 6.61 Å². The summed E-state index contributed by atoms with van der Waals surface area (Å²) in [6, 6.07) is 0. The zero-order valence-corrected chi connectivity index (χ0v) is 12.2. The average Bonchev–Trinajstić information content (AvgIpc) is 2.42. The SMILES string of the molecule is O=C(OCCCCCCCCCl)C1CCCCC1. The molecule has 0 aromatic heterocycles. The predicted octanol–water partition coefficient (Wildman–Crippen LogP) is 4.69. The van der Waals surface area contributed by atoms with Gasteiger partial charge in [-0.2, -0.15) is 0 Å². The van der Waals surface area contributed by atoms with Gasteiger partial charge in [0.1, 0.15) is 0 Å². The third-order valence-electron chi connectivity index (χ3n) is 3.71. The monoisotopic (exact) mass is 274 g/mol. The van der Waals surface area contributed by atoms with Gasteiger partial charge in [-0.15, -0.1) is 11.6 Å². The van der Waals surface area contributed by atoms with Crippen molar-refractivity contribution >= 4 is 17.6 Å². The lowest BCUT2D eigenvalue weighted by molar-refractivity contribution is -0.149. The predicted molar refractivity (Wildman–Crippen MR) is 76.0 cm³/mol. The highest BCUT2D eigenvalue weighted by Gasteiger charge is 2.21. The summed E-state index contributed by atoms with van der Waals surface area (Å²) >= 11 is 5.62. The number of alkyl halides is 1. The van der Waals surface area contributed by atoms with Crippen LogP contribution in [0.2, 0.25) is 0 Å². The van der Waals surface area contributed by atoms with Crippen molar-refractivity contribution in [1.82, 2.24) is 0 Å². The maximum absolute atomic E-state index is 11.7. The summed E-state index contributed by atoms with van der Waals surface area (Å²) in [5, 5.41) is 0. The first kappa shape index (κ1) is 15.8. The Bertz CT molecular complexity index is 213. The summed E-state index contributed by atoms with van der Waals surface area (Å²) in [4.78, 5) is 11.7. The van der Waals surface area contributed by atoms with Crippen LogP contribution in [0.3, 0.4) is 0 Å². The molecule has 3 heteroatoms. The molecule has 1 rings (SSSR count). The van der Waals surface area contributed by atoms with Crippen LogP contribution in [0.1, 0.15) is 70.6 Å². The van der Waals surface area contributed by atoms with Gasteiger partial charge in [-0.1, -0.05) is 44.9 Å². The topological polar surface area (TPSA) is 26.3 Å². The van der Waals surface area contributed by atoms with Gasteiger partial charge in [-0.25, -0.2) is 0 Å². The van der Waals surface area contributed by atoms with Crippen LogP contribution < -0.4 is 0 Å². The third-order valence-corrected chi connectivity index (χ3v) is 3.98. The standard InChI is InChI=1S/C15H27ClO2/c16-12-8-3-1-2-4-9-13-18-15(17)14-10-6-5-7-11-14/h14H,1-13H2. The molecule has 0 amide bonds. The number of esters is 1. The van der Waals surface area contributed by atoms with Crippen molar-refractivity contribution in [2.45, 2.75) is 70.6 Å². The van der Waals surface area contributed by atoms with Crippen LogP contribution in [0.15, 0.2) is 0 Å². The van der Waals surface area contributed by atoms with Gasteiger partial charge in [0, 0.05) is 5.88 Å². The largest absolute Gasteiger partial charge is 0.465 e. The Morgan fingerprint density at radius 1 is 0.944 bits per heavy atom. The van der Waals surface area contributed by atoms with E-state index in [1.807, 2.05) is 0 Å². The van der Waals surface area contributed by atoms with E-state index in [0.717, 1.165) is 31.6 Å². The molecule has 0 aliphatic heterocycles. The number of carbonyl (C=O) groups is 1. The second-order valence-corrected chi connectivity index (χ2v) is 5.69. The molecule has 18 heavy (non-hydrogen) atoms. The van der Waals surface area contributed by atoms with Gasteiger partial charge in [-0.3, -0.25) is 4.79 Å². The molecule has 0 aromatic rings. The fourth-order valence-corrected chi connectivity index (χ4v) is 2.72. The smallest absolute Gasteiger partial charge is 0.308 e. The number of halogens is 1. The minimum Gasteiger partial charge on any atom is -0.465 e. The molecular formula is C15H27ClO2. The van der Waals surface area contributed by atoms with E-state index in [9.17, 15) is 4.79 Å². The molecule has 0 radical (unpaired) electrons. The number of carbonyl (C=O) groups excluding carboxylic acids is 1. The molecule has 0 aromatic carbocycles. The Labute approximate surface area is 116 Å². The fourth-order valence-electron chi connectivity index (χ4n) is 2.53. The van der Waals surface area contributed by atoms with Crippen LogP contribution in [0, 0.1) is 5.92 Å². The molecular weight excluding hydrogens is 248 g/mol. The number of rotatable bonds is 9. The summed E-state index contributed by atoms with van der Waals surface area (Å²) in [5.74, 6) is 1.03. The molecule has 106 valence electrons. The number of ether oxygens (including phenoxy) is 1. The Balaban J connectivity index is 1.89. The van der Waals surface area contributed by atoms with Gasteiger partial charge in [-0.05, 0) is 25.7 Å². The maximum Gasteiger partial charge on any atom is 0.308 e. The first-order valence-electron chi connectivity index (χ1n) is 7.57. The normalized spacial score (nSPS) is 16.7. The van der Waals surface area contributed by atoms with Crippen LogP contribution >= 0.6 is 11.6 Å². The second-order valence-electron chi connectivity index (χ2n) is 5.31. The molecule has 0 spiro atoms. The molecule has 1 fully saturated rings. The van der Waals surface area contributed by atoms with Crippen molar-refractivity contribution in [3.63, 3.8) is 0 Å². The van der Waals surface area contributed by atoms with Crippen LogP contribution in [0.5, 0.6) is 0 Å². The third kappa shape index (κ3) is 7.25. The second kappa shape index (κ2) is 10.7. The molecule has 0 saturated heterocycles. The zero-order valence-electron chi connectivity index (χ0n) is 11.5. The minimum atomic E-state index is 0.0526. The average molecular weight is 275 g/mol. The summed E-state index contributed by atoms with van der Waals surface area (Å²) in [6.07, 6.45) is 12.8. The molecule has 1 saturated carbocycles. The first-order valence-corrected chi connectivity index (χ1v) is 8.10. The highest BCUT2D eigenvalue weighted by Crippen LogP contribution is 2.24. The van der Waals surface area contributed by atoms with Crippen LogP contribution in [0.4, 0.5) is 0 Å². The van der Waals surface area contributed by atoms with E-state index >= 15 is 0 Å². The molecule has 0 heterocycles. The quantitative estimate of drug-likeness (QED) is 0.346. The van der Waals surface area contributed by atoms with E-state index in [1.54, 1.807) is 0 Å². The Morgan fingerprint density at radius 2 is 1.56 bits per heavy atom. The lowest BCUT2D eigenvalue weighted by Crippen LogP contribution is -2.20. The van der Waals surface area contributed by atoms with Crippen molar-refractivity contribution in [3.05, 3.63) is 0 Å². The van der Waals surface area contributed by atoms with Gasteiger partial charge in [0.05, 0.1) is 12.5 Å². The highest BCUT2D eigenvalue weighted by atomic mass is 35.5. The lowest BCUT2D eigenvalue weighted by atomic mass is 9.89. The molecule has 1 aliphatic carbocycles. The molecule has 0 N–H and O–H groups in total. The summed E-state index contributed by atoms with van der Waals surface area (Å²) in [7, 11) is 0. The fraction of sp³-hybridized carbons (Fsp3) is 0.933. The van der Waals surface area contributed by atoms with E-state index in [1.165, 1.54) is 44.9 Å². The number of hydrogen-bond acceptors (Lipinski definition) is 2. The van der Waals surface area contributed by atoms with E-state index in [2.05, 4.69) is 0 Å². The summed E-state index contributed by atoms with van der Waals surface area (Å²) in [6.45, 7) is 0.616. The number of unbranched alkanes of at least 4 members (excludes halogenated alkanes) is 5. The van der Waals surface area contributed by atoms with Gasteiger partial charge in [0.25, 0.3) is 0 Å². The summed E-state index contributed by atoms with van der Waals surface area (Å²) in [5.41, 5.74) is 0. The highest BCUT2D eigenvalue weighted by molar-refractivity contribution is 6.17. The molecule has 2 nitrogen and oxygen atoms in total. The first-order chi connectivity index (χ1) is 8.84. The van der Waals surface area contributed by atoms with Gasteiger partial charge in [0.15, 0.2) is 0 Å². The van der Waals surface area contributed by atoms with Crippen LogP contribution in [0.25, 0.3) is 0 Å². The Hall–Kier alpha value is -0.240. The molecule has 1 aliphatic rings. The Kier molecular flexibility index (Phi) is 9.37. The summed E-state index contributed by atoms with van der Waals surface area (Å²) < 4.78 is 5.35. The molecule has 0 atom stereocenters. The Morgan fingerprint density at radius 3 is 2.22 bits per heavy atom. The van der Waals surface area contributed by atoms with Crippen molar-refractivity contribution < 1.29 is 9.53 Å². The van der Waals surface area contributed by atoms with Crippen molar-refractivity contribution in [1.29, 1.82) is 0 Å². The van der Waals surface area contributed by atoms with E-state index in [-0.39, 0.29) is 11.9 Å². The van der Waals surface area contributed by atoms with Crippen LogP contribution in [-0.2, 0) is 9.53 Å². The number of hydrogen-bond donors (Lipinski definition) is 0. The van der Waals surface area contributed by atoms with Crippen molar-refractivity contribution in [2.75, 3.05) is 12.5 Å².